The van der Waals surface area contributed by atoms with Crippen LogP contribution < -0.4 is 20.9 Å². The number of para-hydroxylation sites is 4. The van der Waals surface area contributed by atoms with Crippen LogP contribution in [0.4, 0.5) is 22.7 Å². The molecule has 0 unspecified atom stereocenters. The van der Waals surface area contributed by atoms with Crippen molar-refractivity contribution in [1.29, 1.82) is 0 Å². The summed E-state index contributed by atoms with van der Waals surface area (Å²) >= 11 is 0. The number of hydrogen-bond acceptors (Lipinski definition) is 4. The molecule has 0 heterocycles. The Morgan fingerprint density at radius 3 is 0.842 bits per heavy atom. The third-order valence-corrected chi connectivity index (χ3v) is 5.89. The Morgan fingerprint density at radius 1 is 0.368 bits per heavy atom. The summed E-state index contributed by atoms with van der Waals surface area (Å²) in [6.07, 6.45) is 0. The lowest BCUT2D eigenvalue weighted by Gasteiger charge is -2.26. The maximum absolute atomic E-state index is 13.2. The Bertz CT molecular complexity index is 1280. The Hall–Kier alpha value is -5.36. The van der Waals surface area contributed by atoms with Gasteiger partial charge in [-0.15, -0.1) is 0 Å². The zero-order valence-electron chi connectivity index (χ0n) is 20.6. The van der Waals surface area contributed by atoms with Gasteiger partial charge < -0.3 is 0 Å². The average molecular weight is 499 g/mol. The van der Waals surface area contributed by atoms with E-state index in [1.165, 1.54) is 0 Å². The quantitative estimate of drug-likeness (QED) is 0.235. The summed E-state index contributed by atoms with van der Waals surface area (Å²) in [5.41, 5.74) is 10.1. The molecule has 6 heteroatoms. The summed E-state index contributed by atoms with van der Waals surface area (Å²) in [4.78, 5) is 26.3. The molecule has 0 spiro atoms. The number of carbonyl (C=O) groups excluding carboxylic acids is 2. The lowest BCUT2D eigenvalue weighted by Crippen LogP contribution is -2.39. The van der Waals surface area contributed by atoms with Gasteiger partial charge in [0.1, 0.15) is 0 Å². The molecule has 6 nitrogen and oxygen atoms in total. The number of rotatable bonds is 8. The number of hydrazine groups is 2. The predicted molar refractivity (Wildman–Crippen MR) is 151 cm³/mol. The van der Waals surface area contributed by atoms with E-state index in [0.717, 1.165) is 22.7 Å². The lowest BCUT2D eigenvalue weighted by atomic mass is 10.1. The average Bonchev–Trinajstić information content (AvgIpc) is 3.00. The molecule has 0 bridgehead atoms. The van der Waals surface area contributed by atoms with Crippen LogP contribution in [0.25, 0.3) is 0 Å². The molecule has 38 heavy (non-hydrogen) atoms. The molecule has 2 N–H and O–H groups in total. The highest BCUT2D eigenvalue weighted by molar-refractivity contribution is 5.99. The smallest absolute Gasteiger partial charge is 0.267 e. The Morgan fingerprint density at radius 2 is 0.605 bits per heavy atom. The first-order valence-corrected chi connectivity index (χ1v) is 12.2. The monoisotopic (exact) mass is 498 g/mol. The SMILES string of the molecule is O=C(NN(c1ccccc1)c1ccccc1)c1ccc(C(=O)NN(c2ccccc2)c2ccccc2)cc1. The van der Waals surface area contributed by atoms with Crippen LogP contribution in [0.5, 0.6) is 0 Å². The fourth-order valence-electron chi connectivity index (χ4n) is 3.97. The molecule has 186 valence electrons. The van der Waals surface area contributed by atoms with E-state index in [4.69, 9.17) is 0 Å². The summed E-state index contributed by atoms with van der Waals surface area (Å²) in [5.74, 6) is -0.584. The summed E-state index contributed by atoms with van der Waals surface area (Å²) < 4.78 is 0. The fourth-order valence-corrected chi connectivity index (χ4v) is 3.97. The van der Waals surface area contributed by atoms with Crippen molar-refractivity contribution in [3.63, 3.8) is 0 Å². The van der Waals surface area contributed by atoms with Gasteiger partial charge in [0.2, 0.25) is 0 Å². The molecule has 5 aromatic carbocycles. The van der Waals surface area contributed by atoms with E-state index >= 15 is 0 Å². The van der Waals surface area contributed by atoms with Gasteiger partial charge in [-0.2, -0.15) is 0 Å². The van der Waals surface area contributed by atoms with Gasteiger partial charge in [-0.05, 0) is 72.8 Å². The molecule has 2 amide bonds. The van der Waals surface area contributed by atoms with Crippen molar-refractivity contribution < 1.29 is 9.59 Å². The summed E-state index contributed by atoms with van der Waals surface area (Å²) in [7, 11) is 0. The summed E-state index contributed by atoms with van der Waals surface area (Å²) in [6, 6.07) is 45.0. The second-order valence-corrected chi connectivity index (χ2v) is 8.47. The van der Waals surface area contributed by atoms with Crippen LogP contribution >= 0.6 is 0 Å². The van der Waals surface area contributed by atoms with Gasteiger partial charge >= 0.3 is 0 Å². The third kappa shape index (κ3) is 5.71. The molecule has 0 saturated carbocycles. The van der Waals surface area contributed by atoms with Gasteiger partial charge in [-0.1, -0.05) is 72.8 Å². The Kier molecular flexibility index (Phi) is 7.42. The van der Waals surface area contributed by atoms with Crippen molar-refractivity contribution in [2.75, 3.05) is 10.0 Å². The van der Waals surface area contributed by atoms with Crippen molar-refractivity contribution in [1.82, 2.24) is 10.9 Å². The molecule has 0 saturated heterocycles. The van der Waals surface area contributed by atoms with Gasteiger partial charge in [-0.25, -0.2) is 0 Å². The number of benzene rings is 5. The fraction of sp³-hybridized carbons (Fsp3) is 0. The number of carbonyl (C=O) groups is 2. The van der Waals surface area contributed by atoms with E-state index in [1.807, 2.05) is 121 Å². The van der Waals surface area contributed by atoms with Crippen LogP contribution in [0, 0.1) is 0 Å². The van der Waals surface area contributed by atoms with Crippen molar-refractivity contribution in [2.24, 2.45) is 0 Å². The minimum atomic E-state index is -0.292. The van der Waals surface area contributed by atoms with E-state index < -0.39 is 0 Å². The van der Waals surface area contributed by atoms with Crippen LogP contribution in [0.2, 0.25) is 0 Å². The highest BCUT2D eigenvalue weighted by Gasteiger charge is 2.17. The second-order valence-electron chi connectivity index (χ2n) is 8.47. The van der Waals surface area contributed by atoms with Crippen LogP contribution in [0.3, 0.4) is 0 Å². The van der Waals surface area contributed by atoms with Crippen molar-refractivity contribution in [3.8, 4) is 0 Å². The van der Waals surface area contributed by atoms with Gasteiger partial charge in [0.15, 0.2) is 0 Å². The Labute approximate surface area is 221 Å². The predicted octanol–water partition coefficient (Wildman–Crippen LogP) is 6.65. The maximum atomic E-state index is 13.2. The first kappa shape index (κ1) is 24.3. The highest BCUT2D eigenvalue weighted by atomic mass is 16.2. The van der Waals surface area contributed by atoms with Gasteiger partial charge in [-0.3, -0.25) is 30.5 Å². The van der Waals surface area contributed by atoms with Crippen LogP contribution in [-0.4, -0.2) is 11.8 Å². The number of nitrogens with zero attached hydrogens (tertiary/aromatic N) is 2. The maximum Gasteiger partial charge on any atom is 0.270 e. The number of amides is 2. The number of hydrogen-bond donors (Lipinski definition) is 2. The molecule has 5 aromatic rings. The van der Waals surface area contributed by atoms with Gasteiger partial charge in [0.05, 0.1) is 22.7 Å². The Balaban J connectivity index is 1.33. The first-order valence-electron chi connectivity index (χ1n) is 12.2. The summed E-state index contributed by atoms with van der Waals surface area (Å²) in [5, 5.41) is 3.47. The van der Waals surface area contributed by atoms with E-state index in [0.29, 0.717) is 11.1 Å². The zero-order chi connectivity index (χ0) is 26.2. The minimum Gasteiger partial charge on any atom is -0.267 e. The molecule has 0 atom stereocenters. The van der Waals surface area contributed by atoms with Gasteiger partial charge in [0.25, 0.3) is 11.8 Å². The minimum absolute atomic E-state index is 0.292. The standard InChI is InChI=1S/C32H26N4O2/c37-31(33-35(27-13-5-1-6-14-27)28-15-7-2-8-16-28)25-21-23-26(24-22-25)32(38)34-36(29-17-9-3-10-18-29)30-19-11-4-12-20-30/h1-24H,(H,33,37)(H,34,38). The molecule has 0 aliphatic rings. The van der Waals surface area contributed by atoms with E-state index in [-0.39, 0.29) is 11.8 Å². The van der Waals surface area contributed by atoms with Crippen molar-refractivity contribution in [2.45, 2.75) is 0 Å². The third-order valence-electron chi connectivity index (χ3n) is 5.89. The highest BCUT2D eigenvalue weighted by Crippen LogP contribution is 2.24. The molecule has 0 radical (unpaired) electrons. The molecule has 0 aliphatic heterocycles. The zero-order valence-corrected chi connectivity index (χ0v) is 20.6. The van der Waals surface area contributed by atoms with Gasteiger partial charge in [0, 0.05) is 11.1 Å². The first-order chi connectivity index (χ1) is 18.7. The van der Waals surface area contributed by atoms with E-state index in [9.17, 15) is 9.59 Å². The topological polar surface area (TPSA) is 64.7 Å². The van der Waals surface area contributed by atoms with Crippen molar-refractivity contribution >= 4 is 34.6 Å². The number of anilines is 4. The van der Waals surface area contributed by atoms with Crippen LogP contribution in [-0.2, 0) is 0 Å². The molecule has 0 aromatic heterocycles. The second kappa shape index (κ2) is 11.6. The van der Waals surface area contributed by atoms with Crippen LogP contribution in [0.1, 0.15) is 20.7 Å². The number of nitrogens with one attached hydrogen (secondary N) is 2. The molecular weight excluding hydrogens is 472 g/mol. The van der Waals surface area contributed by atoms with E-state index in [1.54, 1.807) is 34.3 Å². The van der Waals surface area contributed by atoms with Crippen molar-refractivity contribution in [3.05, 3.63) is 157 Å². The molecular formula is C32H26N4O2. The lowest BCUT2D eigenvalue weighted by molar-refractivity contribution is 0.0942. The van der Waals surface area contributed by atoms with E-state index in [2.05, 4.69) is 10.9 Å². The molecule has 5 rings (SSSR count). The summed E-state index contributed by atoms with van der Waals surface area (Å²) in [6.45, 7) is 0. The van der Waals surface area contributed by atoms with Crippen LogP contribution in [0.15, 0.2) is 146 Å². The molecule has 0 fully saturated rings. The largest absolute Gasteiger partial charge is 0.270 e. The normalized spacial score (nSPS) is 10.3. The molecule has 0 aliphatic carbocycles.